The van der Waals surface area contributed by atoms with E-state index in [1.54, 1.807) is 0 Å². The summed E-state index contributed by atoms with van der Waals surface area (Å²) < 4.78 is 2.06. The molecule has 0 amide bonds. The van der Waals surface area contributed by atoms with Gasteiger partial charge in [0.1, 0.15) is 0 Å². The maximum atomic E-state index is 6.07. The van der Waals surface area contributed by atoms with E-state index < -0.39 is 0 Å². The molecule has 7 heteroatoms. The Morgan fingerprint density at radius 2 is 2.00 bits per heavy atom. The van der Waals surface area contributed by atoms with Gasteiger partial charge in [0.05, 0.1) is 11.6 Å². The molecule has 0 radical (unpaired) electrons. The Kier molecular flexibility index (Phi) is 7.59. The Morgan fingerprint density at radius 1 is 1.32 bits per heavy atom. The standard InChI is InChI=1S/C18H33ClN6/c1-15(12-25-8-6-22(3)7-9-25)11-21-18(20-2)24(5)14-17-10-16(19)13-23(17)4/h10,13,15H,6-9,11-12,14H2,1-5H3,(H,20,21). The fraction of sp³-hybridized carbons (Fsp3) is 0.722. The molecule has 2 rings (SSSR count). The van der Waals surface area contributed by atoms with E-state index in [0.717, 1.165) is 30.6 Å². The lowest BCUT2D eigenvalue weighted by Gasteiger charge is -2.34. The van der Waals surface area contributed by atoms with Crippen molar-refractivity contribution in [3.05, 3.63) is 23.0 Å². The molecule has 0 spiro atoms. The number of rotatable bonds is 6. The maximum absolute atomic E-state index is 6.07. The Hall–Kier alpha value is -1.24. The van der Waals surface area contributed by atoms with Gasteiger partial charge in [-0.15, -0.1) is 0 Å². The summed E-state index contributed by atoms with van der Waals surface area (Å²) >= 11 is 6.07. The van der Waals surface area contributed by atoms with Crippen LogP contribution in [0.1, 0.15) is 12.6 Å². The van der Waals surface area contributed by atoms with Crippen LogP contribution in [0.2, 0.25) is 5.02 Å². The highest BCUT2D eigenvalue weighted by atomic mass is 35.5. The van der Waals surface area contributed by atoms with Gasteiger partial charge in [0.15, 0.2) is 5.96 Å². The number of hydrogen-bond donors (Lipinski definition) is 1. The molecule has 1 unspecified atom stereocenters. The molecule has 25 heavy (non-hydrogen) atoms. The minimum atomic E-state index is 0.582. The lowest BCUT2D eigenvalue weighted by Crippen LogP contribution is -2.47. The van der Waals surface area contributed by atoms with Crippen LogP contribution in [0, 0.1) is 5.92 Å². The third-order valence-corrected chi connectivity index (χ3v) is 5.03. The lowest BCUT2D eigenvalue weighted by molar-refractivity contribution is 0.139. The minimum absolute atomic E-state index is 0.582. The largest absolute Gasteiger partial charge is 0.356 e. The Morgan fingerprint density at radius 3 is 2.56 bits per heavy atom. The molecule has 0 saturated carbocycles. The van der Waals surface area contributed by atoms with Crippen molar-refractivity contribution in [2.24, 2.45) is 18.0 Å². The summed E-state index contributed by atoms with van der Waals surface area (Å²) in [5.74, 6) is 1.50. The van der Waals surface area contributed by atoms with Crippen molar-refractivity contribution in [2.75, 3.05) is 60.4 Å². The maximum Gasteiger partial charge on any atom is 0.193 e. The highest BCUT2D eigenvalue weighted by Crippen LogP contribution is 2.14. The average molecular weight is 369 g/mol. The van der Waals surface area contributed by atoms with Gasteiger partial charge in [-0.2, -0.15) is 0 Å². The van der Waals surface area contributed by atoms with Crippen LogP contribution in [-0.2, 0) is 13.6 Å². The van der Waals surface area contributed by atoms with Crippen LogP contribution >= 0.6 is 11.6 Å². The summed E-state index contributed by atoms with van der Waals surface area (Å²) in [6.07, 6.45) is 1.93. The van der Waals surface area contributed by atoms with E-state index >= 15 is 0 Å². The smallest absolute Gasteiger partial charge is 0.193 e. The number of nitrogens with zero attached hydrogens (tertiary/aromatic N) is 5. The highest BCUT2D eigenvalue weighted by molar-refractivity contribution is 6.30. The number of likely N-dealkylation sites (N-methyl/N-ethyl adjacent to an activating group) is 1. The Labute approximate surface area is 157 Å². The first-order valence-electron chi connectivity index (χ1n) is 9.02. The molecule has 142 valence electrons. The van der Waals surface area contributed by atoms with Gasteiger partial charge in [-0.05, 0) is 19.0 Å². The molecule has 1 aliphatic heterocycles. The van der Waals surface area contributed by atoms with Crippen molar-refractivity contribution in [3.8, 4) is 0 Å². The second-order valence-corrected chi connectivity index (χ2v) is 7.69. The molecular formula is C18H33ClN6. The van der Waals surface area contributed by atoms with Crippen molar-refractivity contribution in [1.29, 1.82) is 0 Å². The molecule has 1 fully saturated rings. The predicted octanol–water partition coefficient (Wildman–Crippen LogP) is 1.57. The van der Waals surface area contributed by atoms with Crippen molar-refractivity contribution in [3.63, 3.8) is 0 Å². The number of aromatic nitrogens is 1. The van der Waals surface area contributed by atoms with E-state index in [9.17, 15) is 0 Å². The van der Waals surface area contributed by atoms with Crippen LogP contribution < -0.4 is 5.32 Å². The SMILES string of the molecule is CN=C(NCC(C)CN1CCN(C)CC1)N(C)Cc1cc(Cl)cn1C. The van der Waals surface area contributed by atoms with Crippen molar-refractivity contribution in [1.82, 2.24) is 24.6 Å². The van der Waals surface area contributed by atoms with E-state index in [2.05, 4.69) is 50.6 Å². The molecular weight excluding hydrogens is 336 g/mol. The highest BCUT2D eigenvalue weighted by Gasteiger charge is 2.17. The van der Waals surface area contributed by atoms with Crippen molar-refractivity contribution < 1.29 is 0 Å². The van der Waals surface area contributed by atoms with Crippen LogP contribution in [0.3, 0.4) is 0 Å². The zero-order valence-electron chi connectivity index (χ0n) is 16.3. The van der Waals surface area contributed by atoms with E-state index in [4.69, 9.17) is 11.6 Å². The predicted molar refractivity (Wildman–Crippen MR) is 106 cm³/mol. The van der Waals surface area contributed by atoms with Crippen LogP contribution in [0.25, 0.3) is 0 Å². The van der Waals surface area contributed by atoms with E-state index in [1.165, 1.54) is 31.9 Å². The topological polar surface area (TPSA) is 39.0 Å². The first-order chi connectivity index (χ1) is 11.9. The molecule has 1 aromatic rings. The fourth-order valence-electron chi connectivity index (χ4n) is 3.23. The molecule has 1 N–H and O–H groups in total. The summed E-state index contributed by atoms with van der Waals surface area (Å²) in [6, 6.07) is 2.00. The van der Waals surface area contributed by atoms with Gasteiger partial charge in [-0.25, -0.2) is 0 Å². The molecule has 0 aromatic carbocycles. The first-order valence-corrected chi connectivity index (χ1v) is 9.40. The number of guanidine groups is 1. The van der Waals surface area contributed by atoms with Crippen LogP contribution in [0.15, 0.2) is 17.3 Å². The second-order valence-electron chi connectivity index (χ2n) is 7.25. The van der Waals surface area contributed by atoms with Crippen molar-refractivity contribution in [2.45, 2.75) is 13.5 Å². The average Bonchev–Trinajstić information content (AvgIpc) is 2.87. The normalized spacial score (nSPS) is 18.4. The van der Waals surface area contributed by atoms with E-state index in [0.29, 0.717) is 5.92 Å². The second kappa shape index (κ2) is 9.46. The number of piperazine rings is 1. The summed E-state index contributed by atoms with van der Waals surface area (Å²) in [7, 11) is 8.11. The number of hydrogen-bond acceptors (Lipinski definition) is 3. The summed E-state index contributed by atoms with van der Waals surface area (Å²) in [5, 5.41) is 4.28. The third kappa shape index (κ3) is 6.20. The molecule has 1 aromatic heterocycles. The zero-order chi connectivity index (χ0) is 18.4. The molecule has 0 aliphatic carbocycles. The van der Waals surface area contributed by atoms with Crippen LogP contribution in [0.4, 0.5) is 0 Å². The zero-order valence-corrected chi connectivity index (χ0v) is 17.1. The molecule has 1 atom stereocenters. The molecule has 0 bridgehead atoms. The Balaban J connectivity index is 1.78. The molecule has 6 nitrogen and oxygen atoms in total. The van der Waals surface area contributed by atoms with Crippen molar-refractivity contribution >= 4 is 17.6 Å². The third-order valence-electron chi connectivity index (χ3n) is 4.82. The van der Waals surface area contributed by atoms with Gasteiger partial charge in [0, 0.05) is 72.3 Å². The quantitative estimate of drug-likeness (QED) is 0.611. The van der Waals surface area contributed by atoms with Gasteiger partial charge in [-0.1, -0.05) is 18.5 Å². The fourth-order valence-corrected chi connectivity index (χ4v) is 3.50. The Bertz CT molecular complexity index is 562. The van der Waals surface area contributed by atoms with Gasteiger partial charge < -0.3 is 24.6 Å². The number of aliphatic imine (C=N–C) groups is 1. The number of halogens is 1. The summed E-state index contributed by atoms with van der Waals surface area (Å²) in [5.41, 5.74) is 1.17. The molecule has 2 heterocycles. The molecule has 1 saturated heterocycles. The van der Waals surface area contributed by atoms with Gasteiger partial charge >= 0.3 is 0 Å². The lowest BCUT2D eigenvalue weighted by atomic mass is 10.1. The summed E-state index contributed by atoms with van der Waals surface area (Å²) in [6.45, 7) is 9.82. The van der Waals surface area contributed by atoms with Gasteiger partial charge in [0.2, 0.25) is 0 Å². The number of aryl methyl sites for hydroxylation is 1. The van der Waals surface area contributed by atoms with Gasteiger partial charge in [0.25, 0.3) is 0 Å². The minimum Gasteiger partial charge on any atom is -0.356 e. The first kappa shape index (κ1) is 20.1. The van der Waals surface area contributed by atoms with Gasteiger partial charge in [-0.3, -0.25) is 4.99 Å². The molecule has 1 aliphatic rings. The van der Waals surface area contributed by atoms with Crippen LogP contribution in [-0.4, -0.2) is 85.6 Å². The number of nitrogens with one attached hydrogen (secondary N) is 1. The van der Waals surface area contributed by atoms with Crippen LogP contribution in [0.5, 0.6) is 0 Å². The monoisotopic (exact) mass is 368 g/mol. The van der Waals surface area contributed by atoms with E-state index in [1.807, 2.05) is 26.4 Å². The summed E-state index contributed by atoms with van der Waals surface area (Å²) in [4.78, 5) is 11.5. The van der Waals surface area contributed by atoms with E-state index in [-0.39, 0.29) is 0 Å².